The van der Waals surface area contributed by atoms with Crippen LogP contribution in [-0.2, 0) is 4.74 Å². The lowest BCUT2D eigenvalue weighted by Gasteiger charge is -2.29. The van der Waals surface area contributed by atoms with Gasteiger partial charge in [-0.15, -0.1) is 0 Å². The van der Waals surface area contributed by atoms with E-state index in [9.17, 15) is 14.9 Å². The highest BCUT2D eigenvalue weighted by Gasteiger charge is 2.26. The van der Waals surface area contributed by atoms with Gasteiger partial charge in [-0.05, 0) is 43.0 Å². The van der Waals surface area contributed by atoms with Crippen LogP contribution in [0.15, 0.2) is 36.0 Å². The summed E-state index contributed by atoms with van der Waals surface area (Å²) < 4.78 is 5.11. The number of carbonyl (C=O) groups excluding carboxylic acids is 1. The lowest BCUT2D eigenvalue weighted by molar-refractivity contribution is -0.385. The van der Waals surface area contributed by atoms with E-state index in [4.69, 9.17) is 16.3 Å². The number of pyridine rings is 1. The summed E-state index contributed by atoms with van der Waals surface area (Å²) in [5, 5.41) is 11.9. The molecule has 1 aromatic heterocycles. The number of amides is 1. The van der Waals surface area contributed by atoms with Crippen LogP contribution in [0.2, 0.25) is 5.02 Å². The second-order valence-electron chi connectivity index (χ2n) is 7.12. The van der Waals surface area contributed by atoms with Gasteiger partial charge in [-0.25, -0.2) is 9.78 Å². The Hall–Kier alpha value is -3.19. The molecule has 0 spiro atoms. The molecule has 0 N–H and O–H groups in total. The number of piperidine rings is 1. The van der Waals surface area contributed by atoms with Crippen molar-refractivity contribution in [2.24, 2.45) is 0 Å². The highest BCUT2D eigenvalue weighted by atomic mass is 35.5. The molecule has 0 unspecified atom stereocenters. The number of hydrogen-bond acceptors (Lipinski definition) is 5. The summed E-state index contributed by atoms with van der Waals surface area (Å²) in [5.74, 6) is 0. The Morgan fingerprint density at radius 2 is 1.97 bits per heavy atom. The molecule has 1 aliphatic carbocycles. The number of nitro groups is 1. The summed E-state index contributed by atoms with van der Waals surface area (Å²) in [5.41, 5.74) is 5.37. The molecule has 1 fully saturated rings. The van der Waals surface area contributed by atoms with Gasteiger partial charge in [0.15, 0.2) is 0 Å². The van der Waals surface area contributed by atoms with Crippen molar-refractivity contribution < 1.29 is 14.5 Å². The minimum Gasteiger partial charge on any atom is -0.450 e. The zero-order valence-corrected chi connectivity index (χ0v) is 17.2. The van der Waals surface area contributed by atoms with Gasteiger partial charge in [-0.3, -0.25) is 10.1 Å². The van der Waals surface area contributed by atoms with Gasteiger partial charge in [0.1, 0.15) is 6.20 Å². The van der Waals surface area contributed by atoms with Gasteiger partial charge >= 0.3 is 6.09 Å². The lowest BCUT2D eigenvalue weighted by atomic mass is 9.88. The summed E-state index contributed by atoms with van der Waals surface area (Å²) in [6.45, 7) is 3.24. The number of likely N-dealkylation sites (tertiary alicyclic amines) is 1. The summed E-state index contributed by atoms with van der Waals surface area (Å²) in [7, 11) is 0. The molecule has 2 heterocycles. The highest BCUT2D eigenvalue weighted by Crippen LogP contribution is 2.39. The average Bonchev–Trinajstić information content (AvgIpc) is 2.90. The second kappa shape index (κ2) is 8.28. The molecule has 154 valence electrons. The normalized spacial score (nSPS) is 15.3. The van der Waals surface area contributed by atoms with E-state index in [2.05, 4.69) is 4.98 Å². The van der Waals surface area contributed by atoms with Crippen LogP contribution in [0.1, 0.15) is 42.1 Å². The number of carbonyl (C=O) groups is 1. The number of hydrogen-bond donors (Lipinski definition) is 0. The minimum atomic E-state index is -0.444. The molecular weight excluding hydrogens is 406 g/mol. The third-order valence-electron chi connectivity index (χ3n) is 5.32. The zero-order valence-electron chi connectivity index (χ0n) is 16.4. The van der Waals surface area contributed by atoms with Crippen LogP contribution in [0, 0.1) is 10.1 Å². The summed E-state index contributed by atoms with van der Waals surface area (Å²) in [4.78, 5) is 29.0. The molecule has 0 bridgehead atoms. The first-order chi connectivity index (χ1) is 14.5. The van der Waals surface area contributed by atoms with Gasteiger partial charge in [0.05, 0.1) is 17.2 Å². The Morgan fingerprint density at radius 3 is 2.67 bits per heavy atom. The van der Waals surface area contributed by atoms with E-state index in [1.54, 1.807) is 17.9 Å². The molecule has 2 aromatic rings. The molecule has 0 radical (unpaired) electrons. The van der Waals surface area contributed by atoms with Crippen molar-refractivity contribution in [2.75, 3.05) is 19.7 Å². The van der Waals surface area contributed by atoms with Crippen molar-refractivity contribution in [1.29, 1.82) is 0 Å². The fourth-order valence-corrected chi connectivity index (χ4v) is 4.07. The van der Waals surface area contributed by atoms with Crippen LogP contribution in [0.4, 0.5) is 10.5 Å². The van der Waals surface area contributed by atoms with Crippen molar-refractivity contribution in [3.8, 4) is 0 Å². The number of rotatable bonds is 2. The van der Waals surface area contributed by atoms with E-state index in [0.29, 0.717) is 48.8 Å². The van der Waals surface area contributed by atoms with E-state index in [-0.39, 0.29) is 11.8 Å². The van der Waals surface area contributed by atoms with E-state index in [0.717, 1.165) is 22.3 Å². The van der Waals surface area contributed by atoms with Crippen molar-refractivity contribution in [1.82, 2.24) is 9.88 Å². The summed E-state index contributed by atoms with van der Waals surface area (Å²) in [6.07, 6.45) is 6.09. The SMILES string of the molecule is CCOC(=O)N1CCC(=C2c3ccc(Cl)cc3C=Cc3cc([N+](=O)[O-])cnc32)CC1. The number of benzene rings is 1. The maximum absolute atomic E-state index is 12.1. The van der Waals surface area contributed by atoms with Crippen LogP contribution in [0.5, 0.6) is 0 Å². The smallest absolute Gasteiger partial charge is 0.409 e. The first kappa shape index (κ1) is 20.1. The second-order valence-corrected chi connectivity index (χ2v) is 7.55. The third-order valence-corrected chi connectivity index (χ3v) is 5.56. The Labute approximate surface area is 178 Å². The van der Waals surface area contributed by atoms with Crippen molar-refractivity contribution in [3.05, 3.63) is 73.6 Å². The molecule has 4 rings (SSSR count). The minimum absolute atomic E-state index is 0.0520. The number of halogens is 1. The Bertz CT molecular complexity index is 1080. The Morgan fingerprint density at radius 1 is 1.23 bits per heavy atom. The van der Waals surface area contributed by atoms with Crippen LogP contribution >= 0.6 is 11.6 Å². The fraction of sp³-hybridized carbons (Fsp3) is 0.273. The van der Waals surface area contributed by atoms with Gasteiger partial charge in [0.25, 0.3) is 5.69 Å². The Balaban J connectivity index is 1.81. The maximum atomic E-state index is 12.1. The van der Waals surface area contributed by atoms with Gasteiger partial charge in [0, 0.05) is 35.3 Å². The van der Waals surface area contributed by atoms with E-state index in [1.165, 1.54) is 6.20 Å². The fourth-order valence-electron chi connectivity index (χ4n) is 3.89. The number of aromatic nitrogens is 1. The third kappa shape index (κ3) is 3.80. The summed E-state index contributed by atoms with van der Waals surface area (Å²) in [6, 6.07) is 7.21. The monoisotopic (exact) mass is 425 g/mol. The average molecular weight is 426 g/mol. The van der Waals surface area contributed by atoms with E-state index in [1.807, 2.05) is 30.4 Å². The van der Waals surface area contributed by atoms with Gasteiger partial charge in [0.2, 0.25) is 0 Å². The van der Waals surface area contributed by atoms with Crippen molar-refractivity contribution >= 4 is 41.1 Å². The number of nitrogens with zero attached hydrogens (tertiary/aromatic N) is 3. The van der Waals surface area contributed by atoms with E-state index < -0.39 is 4.92 Å². The number of ether oxygens (including phenoxy) is 1. The first-order valence-electron chi connectivity index (χ1n) is 9.74. The number of fused-ring (bicyclic) bond motifs is 2. The first-order valence-corrected chi connectivity index (χ1v) is 10.1. The lowest BCUT2D eigenvalue weighted by Crippen LogP contribution is -2.37. The molecule has 0 atom stereocenters. The molecular formula is C22H20ClN3O4. The van der Waals surface area contributed by atoms with Gasteiger partial charge < -0.3 is 9.64 Å². The van der Waals surface area contributed by atoms with E-state index >= 15 is 0 Å². The molecule has 0 saturated carbocycles. The molecule has 30 heavy (non-hydrogen) atoms. The predicted molar refractivity (Wildman–Crippen MR) is 115 cm³/mol. The van der Waals surface area contributed by atoms with Gasteiger partial charge in [-0.2, -0.15) is 0 Å². The summed E-state index contributed by atoms with van der Waals surface area (Å²) >= 11 is 6.21. The molecule has 1 aromatic carbocycles. The van der Waals surface area contributed by atoms with Gasteiger partial charge in [-0.1, -0.05) is 35.4 Å². The molecule has 1 amide bonds. The largest absolute Gasteiger partial charge is 0.450 e. The standard InChI is InChI=1S/C22H20ClN3O4/c1-2-30-22(27)25-9-7-14(8-10-25)20-19-6-5-17(23)11-15(19)3-4-16-12-18(26(28)29)13-24-21(16)20/h3-6,11-13H,2,7-10H2,1H3. The maximum Gasteiger partial charge on any atom is 0.409 e. The van der Waals surface area contributed by atoms with Crippen molar-refractivity contribution in [3.63, 3.8) is 0 Å². The topological polar surface area (TPSA) is 85.6 Å². The predicted octanol–water partition coefficient (Wildman–Crippen LogP) is 5.18. The molecule has 7 nitrogen and oxygen atoms in total. The quantitative estimate of drug-likeness (QED) is 0.417. The molecule has 8 heteroatoms. The molecule has 2 aliphatic rings. The zero-order chi connectivity index (χ0) is 21.3. The molecule has 1 aliphatic heterocycles. The van der Waals surface area contributed by atoms with Crippen molar-refractivity contribution in [2.45, 2.75) is 19.8 Å². The highest BCUT2D eigenvalue weighted by molar-refractivity contribution is 6.30. The van der Waals surface area contributed by atoms with Crippen LogP contribution in [-0.4, -0.2) is 40.6 Å². The van der Waals surface area contributed by atoms with Crippen LogP contribution in [0.3, 0.4) is 0 Å². The Kier molecular flexibility index (Phi) is 5.55. The van der Waals surface area contributed by atoms with Crippen LogP contribution in [0.25, 0.3) is 17.7 Å². The van der Waals surface area contributed by atoms with Crippen LogP contribution < -0.4 is 0 Å². The molecule has 1 saturated heterocycles.